The molecule has 106 valence electrons. The maximum absolute atomic E-state index is 13.2. The molecule has 2 aromatic rings. The fraction of sp³-hybridized carbons (Fsp3) is 0.333. The molecule has 3 nitrogen and oxygen atoms in total. The van der Waals surface area contributed by atoms with Gasteiger partial charge in [0.15, 0.2) is 0 Å². The summed E-state index contributed by atoms with van der Waals surface area (Å²) < 4.78 is 14.0. The summed E-state index contributed by atoms with van der Waals surface area (Å²) in [5.41, 5.74) is 0.880. The first kappa shape index (κ1) is 14.9. The van der Waals surface area contributed by atoms with Crippen LogP contribution in [0.25, 0.3) is 0 Å². The quantitative estimate of drug-likeness (QED) is 0.823. The van der Waals surface area contributed by atoms with Crippen LogP contribution < -0.4 is 5.32 Å². The number of rotatable bonds is 4. The second-order valence-corrected chi connectivity index (χ2v) is 5.82. The van der Waals surface area contributed by atoms with Crippen LogP contribution in [0.3, 0.4) is 0 Å². The monoisotopic (exact) mass is 337 g/mol. The van der Waals surface area contributed by atoms with Crippen LogP contribution >= 0.6 is 15.9 Å². The molecule has 2 rings (SSSR count). The number of nitrogens with zero attached hydrogens (tertiary/aromatic N) is 2. The van der Waals surface area contributed by atoms with Crippen molar-refractivity contribution in [3.05, 3.63) is 52.1 Å². The van der Waals surface area contributed by atoms with E-state index in [1.54, 1.807) is 6.07 Å². The zero-order valence-corrected chi connectivity index (χ0v) is 13.3. The molecule has 1 N–H and O–H groups in total. The SMILES string of the molecule is CC(C)c1nc(Br)cc(NC(C)c2cccc(F)c2)n1. The van der Waals surface area contributed by atoms with Crippen LogP contribution in [0.2, 0.25) is 0 Å². The highest BCUT2D eigenvalue weighted by molar-refractivity contribution is 9.10. The van der Waals surface area contributed by atoms with Gasteiger partial charge in [0.25, 0.3) is 0 Å². The number of hydrogen-bond acceptors (Lipinski definition) is 3. The summed E-state index contributed by atoms with van der Waals surface area (Å²) in [5, 5.41) is 3.27. The van der Waals surface area contributed by atoms with Crippen LogP contribution in [-0.2, 0) is 0 Å². The van der Waals surface area contributed by atoms with Crippen molar-refractivity contribution < 1.29 is 4.39 Å². The van der Waals surface area contributed by atoms with Crippen LogP contribution in [0.1, 0.15) is 44.1 Å². The topological polar surface area (TPSA) is 37.8 Å². The minimum absolute atomic E-state index is 0.0347. The molecule has 0 amide bonds. The lowest BCUT2D eigenvalue weighted by Crippen LogP contribution is -2.10. The van der Waals surface area contributed by atoms with Crippen molar-refractivity contribution >= 4 is 21.7 Å². The van der Waals surface area contributed by atoms with Gasteiger partial charge in [-0.15, -0.1) is 0 Å². The van der Waals surface area contributed by atoms with E-state index in [-0.39, 0.29) is 17.8 Å². The van der Waals surface area contributed by atoms with Crippen LogP contribution in [0.4, 0.5) is 10.2 Å². The molecule has 1 atom stereocenters. The van der Waals surface area contributed by atoms with Gasteiger partial charge in [0.1, 0.15) is 22.1 Å². The van der Waals surface area contributed by atoms with Gasteiger partial charge in [-0.1, -0.05) is 26.0 Å². The number of nitrogens with one attached hydrogen (secondary N) is 1. The maximum atomic E-state index is 13.2. The van der Waals surface area contributed by atoms with E-state index in [2.05, 4.69) is 31.2 Å². The average Bonchev–Trinajstić information content (AvgIpc) is 2.37. The first-order chi connectivity index (χ1) is 9.45. The molecular weight excluding hydrogens is 321 g/mol. The van der Waals surface area contributed by atoms with Gasteiger partial charge in [-0.25, -0.2) is 14.4 Å². The Morgan fingerprint density at radius 2 is 1.90 bits per heavy atom. The molecule has 0 aliphatic heterocycles. The molecule has 0 spiro atoms. The number of benzene rings is 1. The molecule has 0 bridgehead atoms. The summed E-state index contributed by atoms with van der Waals surface area (Å²) >= 11 is 3.39. The Balaban J connectivity index is 2.21. The van der Waals surface area contributed by atoms with Crippen molar-refractivity contribution in [1.82, 2.24) is 9.97 Å². The molecule has 20 heavy (non-hydrogen) atoms. The van der Waals surface area contributed by atoms with Crippen LogP contribution in [0, 0.1) is 5.82 Å². The first-order valence-electron chi connectivity index (χ1n) is 6.52. The normalized spacial score (nSPS) is 12.5. The van der Waals surface area contributed by atoms with E-state index in [1.807, 2.05) is 32.9 Å². The number of aromatic nitrogens is 2. The van der Waals surface area contributed by atoms with Crippen LogP contribution in [0.5, 0.6) is 0 Å². The lowest BCUT2D eigenvalue weighted by atomic mass is 10.1. The Kier molecular flexibility index (Phi) is 4.70. The Morgan fingerprint density at radius 3 is 2.55 bits per heavy atom. The van der Waals surface area contributed by atoms with Gasteiger partial charge in [-0.2, -0.15) is 0 Å². The predicted molar refractivity (Wildman–Crippen MR) is 82.3 cm³/mol. The third kappa shape index (κ3) is 3.76. The molecule has 0 saturated carbocycles. The smallest absolute Gasteiger partial charge is 0.134 e. The molecule has 0 fully saturated rings. The van der Waals surface area contributed by atoms with Gasteiger partial charge >= 0.3 is 0 Å². The fourth-order valence-electron chi connectivity index (χ4n) is 1.85. The van der Waals surface area contributed by atoms with Crippen LogP contribution in [-0.4, -0.2) is 9.97 Å². The van der Waals surface area contributed by atoms with Gasteiger partial charge in [0.2, 0.25) is 0 Å². The molecule has 1 aromatic heterocycles. The number of hydrogen-bond donors (Lipinski definition) is 1. The predicted octanol–water partition coefficient (Wildman–Crippen LogP) is 4.67. The fourth-order valence-corrected chi connectivity index (χ4v) is 2.25. The molecule has 0 saturated heterocycles. The third-order valence-electron chi connectivity index (χ3n) is 2.94. The Labute approximate surface area is 126 Å². The largest absolute Gasteiger partial charge is 0.363 e. The van der Waals surface area contributed by atoms with E-state index in [1.165, 1.54) is 12.1 Å². The van der Waals surface area contributed by atoms with Gasteiger partial charge in [0, 0.05) is 12.0 Å². The lowest BCUT2D eigenvalue weighted by molar-refractivity contribution is 0.623. The van der Waals surface area contributed by atoms with E-state index in [0.29, 0.717) is 0 Å². The summed E-state index contributed by atoms with van der Waals surface area (Å²) in [6.07, 6.45) is 0. The zero-order valence-electron chi connectivity index (χ0n) is 11.7. The third-order valence-corrected chi connectivity index (χ3v) is 3.35. The van der Waals surface area contributed by atoms with Crippen LogP contribution in [0.15, 0.2) is 34.9 Å². The number of halogens is 2. The Bertz CT molecular complexity index is 601. The summed E-state index contributed by atoms with van der Waals surface area (Å²) in [6, 6.07) is 8.35. The molecule has 0 aliphatic carbocycles. The summed E-state index contributed by atoms with van der Waals surface area (Å²) in [5.74, 6) is 1.51. The van der Waals surface area contributed by atoms with E-state index >= 15 is 0 Å². The summed E-state index contributed by atoms with van der Waals surface area (Å²) in [7, 11) is 0. The van der Waals surface area contributed by atoms with Crippen molar-refractivity contribution in [1.29, 1.82) is 0 Å². The van der Waals surface area contributed by atoms with E-state index in [9.17, 15) is 4.39 Å². The molecular formula is C15H17BrFN3. The van der Waals surface area contributed by atoms with Crippen molar-refractivity contribution in [2.75, 3.05) is 5.32 Å². The lowest BCUT2D eigenvalue weighted by Gasteiger charge is -2.16. The Morgan fingerprint density at radius 1 is 1.15 bits per heavy atom. The molecule has 0 radical (unpaired) electrons. The molecule has 5 heteroatoms. The van der Waals surface area contributed by atoms with Gasteiger partial charge in [-0.05, 0) is 40.5 Å². The zero-order chi connectivity index (χ0) is 14.7. The summed E-state index contributed by atoms with van der Waals surface area (Å²) in [4.78, 5) is 8.81. The highest BCUT2D eigenvalue weighted by Gasteiger charge is 2.10. The molecule has 1 aromatic carbocycles. The van der Waals surface area contributed by atoms with E-state index in [4.69, 9.17) is 0 Å². The highest BCUT2D eigenvalue weighted by atomic mass is 79.9. The second-order valence-electron chi connectivity index (χ2n) is 5.01. The highest BCUT2D eigenvalue weighted by Crippen LogP contribution is 2.22. The molecule has 0 aliphatic rings. The maximum Gasteiger partial charge on any atom is 0.134 e. The molecule has 1 heterocycles. The van der Waals surface area contributed by atoms with Gasteiger partial charge < -0.3 is 5.32 Å². The van der Waals surface area contributed by atoms with Crippen molar-refractivity contribution in [3.63, 3.8) is 0 Å². The Hall–Kier alpha value is -1.49. The number of anilines is 1. The molecule has 1 unspecified atom stereocenters. The van der Waals surface area contributed by atoms with E-state index < -0.39 is 0 Å². The minimum atomic E-state index is -0.233. The van der Waals surface area contributed by atoms with Gasteiger partial charge in [-0.3, -0.25) is 0 Å². The van der Waals surface area contributed by atoms with E-state index in [0.717, 1.165) is 21.8 Å². The van der Waals surface area contributed by atoms with Crippen molar-refractivity contribution in [2.24, 2.45) is 0 Å². The van der Waals surface area contributed by atoms with Crippen molar-refractivity contribution in [2.45, 2.75) is 32.7 Å². The average molecular weight is 338 g/mol. The van der Waals surface area contributed by atoms with Gasteiger partial charge in [0.05, 0.1) is 6.04 Å². The standard InChI is InChI=1S/C15H17BrFN3/c1-9(2)15-19-13(16)8-14(20-15)18-10(3)11-5-4-6-12(17)7-11/h4-10H,1-3H3,(H,18,19,20). The second kappa shape index (κ2) is 6.31. The first-order valence-corrected chi connectivity index (χ1v) is 7.31. The minimum Gasteiger partial charge on any atom is -0.363 e. The summed E-state index contributed by atoms with van der Waals surface area (Å²) in [6.45, 7) is 6.06. The van der Waals surface area contributed by atoms with Crippen molar-refractivity contribution in [3.8, 4) is 0 Å².